The third-order valence-corrected chi connectivity index (χ3v) is 6.01. The summed E-state index contributed by atoms with van der Waals surface area (Å²) in [6.45, 7) is 3.34. The lowest BCUT2D eigenvalue weighted by atomic mass is 9.98. The molecule has 2 atom stereocenters. The second kappa shape index (κ2) is 16.8. The highest BCUT2D eigenvalue weighted by molar-refractivity contribution is 6.00. The molecule has 3 amide bonds. The molecule has 0 aliphatic carbocycles. The summed E-state index contributed by atoms with van der Waals surface area (Å²) in [6.07, 6.45) is 0.455. The molecule has 3 aromatic carbocycles. The summed E-state index contributed by atoms with van der Waals surface area (Å²) in [5.74, 6) is -0.361. The highest BCUT2D eigenvalue weighted by Gasteiger charge is 2.27. The minimum Gasteiger partial charge on any atom is -0.390 e. The summed E-state index contributed by atoms with van der Waals surface area (Å²) in [6, 6.07) is 27.4. The number of rotatable bonds is 7. The third-order valence-electron chi connectivity index (χ3n) is 6.01. The van der Waals surface area contributed by atoms with E-state index in [0.29, 0.717) is 31.6 Å². The number of carbonyl (C=O) groups excluding carboxylic acids is 3. The Morgan fingerprint density at radius 2 is 1.44 bits per heavy atom. The van der Waals surface area contributed by atoms with E-state index in [4.69, 9.17) is 5.11 Å². The topological polar surface area (TPSA) is 110 Å². The van der Waals surface area contributed by atoms with Crippen LogP contribution in [0.1, 0.15) is 35.7 Å². The summed E-state index contributed by atoms with van der Waals surface area (Å²) in [4.78, 5) is 37.0. The molecule has 3 N–H and O–H groups in total. The van der Waals surface area contributed by atoms with Crippen molar-refractivity contribution < 1.29 is 24.6 Å². The maximum Gasteiger partial charge on any atom is 0.254 e. The van der Waals surface area contributed by atoms with E-state index < -0.39 is 12.2 Å². The predicted octanol–water partition coefficient (Wildman–Crippen LogP) is 3.34. The van der Waals surface area contributed by atoms with E-state index in [1.54, 1.807) is 23.9 Å². The first-order valence-electron chi connectivity index (χ1n) is 13.0. The first-order valence-corrected chi connectivity index (χ1v) is 13.0. The van der Waals surface area contributed by atoms with Crippen molar-refractivity contribution in [2.45, 2.75) is 38.5 Å². The van der Waals surface area contributed by atoms with Gasteiger partial charge in [-0.3, -0.25) is 14.4 Å². The molecule has 1 heterocycles. The number of benzene rings is 3. The first-order chi connectivity index (χ1) is 18.8. The molecule has 0 radical (unpaired) electrons. The van der Waals surface area contributed by atoms with Crippen molar-refractivity contribution >= 4 is 18.2 Å². The maximum atomic E-state index is 12.2. The Morgan fingerprint density at radius 1 is 0.897 bits per heavy atom. The lowest BCUT2D eigenvalue weighted by Gasteiger charge is -2.20. The highest BCUT2D eigenvalue weighted by atomic mass is 16.3. The van der Waals surface area contributed by atoms with Crippen LogP contribution in [0.15, 0.2) is 84.9 Å². The monoisotopic (exact) mass is 533 g/mol. The largest absolute Gasteiger partial charge is 0.390 e. The summed E-state index contributed by atoms with van der Waals surface area (Å²) >= 11 is 0. The molecule has 1 aliphatic heterocycles. The van der Waals surface area contributed by atoms with E-state index in [9.17, 15) is 19.5 Å². The van der Waals surface area contributed by atoms with Gasteiger partial charge in [0.05, 0.1) is 6.10 Å². The van der Waals surface area contributed by atoms with Gasteiger partial charge in [0, 0.05) is 39.3 Å². The van der Waals surface area contributed by atoms with E-state index in [1.165, 1.54) is 6.92 Å². The second-order valence-electron chi connectivity index (χ2n) is 9.31. The van der Waals surface area contributed by atoms with Gasteiger partial charge in [0.25, 0.3) is 11.8 Å². The van der Waals surface area contributed by atoms with Crippen LogP contribution in [0.2, 0.25) is 0 Å². The molecular weight excluding hydrogens is 494 g/mol. The van der Waals surface area contributed by atoms with Crippen molar-refractivity contribution in [3.05, 3.63) is 96.1 Å². The first kappa shape index (κ1) is 31.2. The normalized spacial score (nSPS) is 13.5. The number of hydrogen-bond acceptors (Lipinski definition) is 5. The lowest BCUT2D eigenvalue weighted by Crippen LogP contribution is -2.42. The summed E-state index contributed by atoms with van der Waals surface area (Å²) in [5, 5.41) is 20.8. The molecule has 0 bridgehead atoms. The van der Waals surface area contributed by atoms with E-state index in [0.717, 1.165) is 29.5 Å². The fourth-order valence-corrected chi connectivity index (χ4v) is 3.84. The zero-order chi connectivity index (χ0) is 28.6. The summed E-state index contributed by atoms with van der Waals surface area (Å²) in [7, 11) is 3.49. The number of nitrogens with zero attached hydrogens (tertiary/aromatic N) is 2. The zero-order valence-electron chi connectivity index (χ0n) is 22.9. The molecule has 3 aromatic rings. The molecule has 0 spiro atoms. The molecule has 1 saturated heterocycles. The SMILES string of the molecule is CC(O)C(O)C(=O)N1CCCC1.CN(C)C(=O)c1ccccc1-c1ccc(CNC=O)cc1.c1ccccc1. The number of nitrogens with one attached hydrogen (secondary N) is 1. The number of likely N-dealkylation sites (tertiary alicyclic amines) is 1. The number of aliphatic hydroxyl groups is 2. The van der Waals surface area contributed by atoms with Crippen LogP contribution in [0.4, 0.5) is 0 Å². The van der Waals surface area contributed by atoms with Gasteiger partial charge in [-0.2, -0.15) is 0 Å². The minimum absolute atomic E-state index is 0.0164. The van der Waals surface area contributed by atoms with E-state index in [1.807, 2.05) is 84.9 Å². The van der Waals surface area contributed by atoms with Gasteiger partial charge in [-0.25, -0.2) is 0 Å². The van der Waals surface area contributed by atoms with Crippen LogP contribution in [0.5, 0.6) is 0 Å². The van der Waals surface area contributed by atoms with Crippen molar-refractivity contribution in [2.75, 3.05) is 27.2 Å². The average molecular weight is 534 g/mol. The van der Waals surface area contributed by atoms with Crippen molar-refractivity contribution in [1.29, 1.82) is 0 Å². The molecule has 8 nitrogen and oxygen atoms in total. The van der Waals surface area contributed by atoms with E-state index in [-0.39, 0.29) is 11.8 Å². The molecule has 208 valence electrons. The molecule has 1 aliphatic rings. The van der Waals surface area contributed by atoms with Crippen LogP contribution in [0.3, 0.4) is 0 Å². The average Bonchev–Trinajstić information content (AvgIpc) is 3.52. The van der Waals surface area contributed by atoms with Gasteiger partial charge in [0.1, 0.15) is 0 Å². The fraction of sp³-hybridized carbons (Fsp3) is 0.323. The van der Waals surface area contributed by atoms with Gasteiger partial charge < -0.3 is 25.3 Å². The molecule has 4 rings (SSSR count). The summed E-state index contributed by atoms with van der Waals surface area (Å²) < 4.78 is 0. The minimum atomic E-state index is -1.25. The van der Waals surface area contributed by atoms with Gasteiger partial charge in [-0.05, 0) is 42.5 Å². The van der Waals surface area contributed by atoms with Crippen LogP contribution >= 0.6 is 0 Å². The van der Waals surface area contributed by atoms with Crippen LogP contribution in [-0.4, -0.2) is 77.6 Å². The molecule has 1 fully saturated rings. The van der Waals surface area contributed by atoms with Gasteiger partial charge >= 0.3 is 0 Å². The predicted molar refractivity (Wildman–Crippen MR) is 153 cm³/mol. The van der Waals surface area contributed by atoms with Crippen LogP contribution in [0, 0.1) is 0 Å². The fourth-order valence-electron chi connectivity index (χ4n) is 3.84. The van der Waals surface area contributed by atoms with Crippen molar-refractivity contribution in [3.8, 4) is 11.1 Å². The number of amides is 3. The van der Waals surface area contributed by atoms with Gasteiger partial charge in [0.2, 0.25) is 6.41 Å². The van der Waals surface area contributed by atoms with Crippen molar-refractivity contribution in [1.82, 2.24) is 15.1 Å². The molecule has 39 heavy (non-hydrogen) atoms. The van der Waals surface area contributed by atoms with Crippen molar-refractivity contribution in [3.63, 3.8) is 0 Å². The number of hydrogen-bond donors (Lipinski definition) is 3. The van der Waals surface area contributed by atoms with Crippen molar-refractivity contribution in [2.24, 2.45) is 0 Å². The van der Waals surface area contributed by atoms with Crippen LogP contribution in [-0.2, 0) is 16.1 Å². The van der Waals surface area contributed by atoms with Gasteiger partial charge in [0.15, 0.2) is 6.10 Å². The lowest BCUT2D eigenvalue weighted by molar-refractivity contribution is -0.144. The Labute approximate surface area is 230 Å². The molecule has 2 unspecified atom stereocenters. The Bertz CT molecular complexity index is 1110. The highest BCUT2D eigenvalue weighted by Crippen LogP contribution is 2.25. The standard InChI is InChI=1S/C17H18N2O2.C8H15NO3.C6H6/c1-19(2)17(21)16-6-4-3-5-15(16)14-9-7-13(8-10-14)11-18-12-20;1-6(10)7(11)8(12)9-4-2-3-5-9;1-2-4-6-5-3-1/h3-10,12H,11H2,1-2H3,(H,18,20);6-7,10-11H,2-5H2,1H3;1-6H. The Kier molecular flexibility index (Phi) is 13.4. The van der Waals surface area contributed by atoms with E-state index in [2.05, 4.69) is 5.32 Å². The van der Waals surface area contributed by atoms with Crippen LogP contribution in [0.25, 0.3) is 11.1 Å². The number of carbonyl (C=O) groups is 3. The smallest absolute Gasteiger partial charge is 0.254 e. The number of aliphatic hydroxyl groups excluding tert-OH is 2. The quantitative estimate of drug-likeness (QED) is 0.404. The Hall–Kier alpha value is -4.01. The Morgan fingerprint density at radius 3 is 1.92 bits per heavy atom. The van der Waals surface area contributed by atoms with Crippen LogP contribution < -0.4 is 5.32 Å². The molecular formula is C31H39N3O5. The van der Waals surface area contributed by atoms with Gasteiger partial charge in [-0.1, -0.05) is 78.9 Å². The zero-order valence-corrected chi connectivity index (χ0v) is 22.9. The third kappa shape index (κ3) is 10.3. The summed E-state index contributed by atoms with van der Waals surface area (Å²) in [5.41, 5.74) is 3.59. The maximum absolute atomic E-state index is 12.2. The van der Waals surface area contributed by atoms with Gasteiger partial charge in [-0.15, -0.1) is 0 Å². The second-order valence-corrected chi connectivity index (χ2v) is 9.31. The molecule has 8 heteroatoms. The molecule has 0 aromatic heterocycles. The Balaban J connectivity index is 0.000000246. The molecule has 0 saturated carbocycles. The van der Waals surface area contributed by atoms with E-state index >= 15 is 0 Å².